The number of halogens is 9. The van der Waals surface area contributed by atoms with E-state index in [1.54, 1.807) is 0 Å². The molecule has 1 aromatic carbocycles. The van der Waals surface area contributed by atoms with Gasteiger partial charge in [-0.3, -0.25) is 9.48 Å². The molecule has 18 heteroatoms. The highest BCUT2D eigenvalue weighted by Gasteiger charge is 2.55. The normalized spacial score (nSPS) is 16.0. The van der Waals surface area contributed by atoms with Crippen LogP contribution in [0, 0.1) is 11.6 Å². The number of anilines is 1. The molecule has 1 aliphatic carbocycles. The molecule has 1 aliphatic rings. The molecule has 1 atom stereocenters. The second kappa shape index (κ2) is 14.4. The van der Waals surface area contributed by atoms with Crippen molar-refractivity contribution in [3.8, 4) is 0 Å². The number of alkyl halides is 6. The predicted molar refractivity (Wildman–Crippen MR) is 146 cm³/mol. The molecule has 45 heavy (non-hydrogen) atoms. The first-order chi connectivity index (χ1) is 21.2. The van der Waals surface area contributed by atoms with Gasteiger partial charge in [0.05, 0.1) is 41.6 Å². The lowest BCUT2D eigenvalue weighted by Crippen LogP contribution is -2.37. The van der Waals surface area contributed by atoms with Crippen molar-refractivity contribution in [2.24, 2.45) is 0 Å². The Balaban J connectivity index is 1.63. The van der Waals surface area contributed by atoms with Gasteiger partial charge in [-0.15, -0.1) is 0 Å². The zero-order valence-electron chi connectivity index (χ0n) is 23.5. The molecule has 0 fully saturated rings. The number of rotatable bonds is 14. The van der Waals surface area contributed by atoms with E-state index in [2.05, 4.69) is 41.6 Å². The topological polar surface area (TPSA) is 103 Å². The van der Waals surface area contributed by atoms with Gasteiger partial charge in [-0.05, 0) is 40.0 Å². The summed E-state index contributed by atoms with van der Waals surface area (Å²) in [5, 5.41) is 8.66. The molecule has 2 N–H and O–H groups in total. The van der Waals surface area contributed by atoms with Crippen LogP contribution in [0.4, 0.5) is 41.1 Å². The molecule has 2 aromatic heterocycles. The summed E-state index contributed by atoms with van der Waals surface area (Å²) in [6.07, 6.45) is -5.31. The quantitative estimate of drug-likeness (QED) is 0.161. The summed E-state index contributed by atoms with van der Waals surface area (Å²) in [5.41, 5.74) is -4.48. The Kier molecular flexibility index (Phi) is 11.0. The number of ether oxygens (including phenoxy) is 2. The van der Waals surface area contributed by atoms with Gasteiger partial charge in [-0.2, -0.15) is 13.9 Å². The maximum atomic E-state index is 14.8. The summed E-state index contributed by atoms with van der Waals surface area (Å²) >= 11 is 3.26. The van der Waals surface area contributed by atoms with Gasteiger partial charge in [-0.25, -0.2) is 36.3 Å². The summed E-state index contributed by atoms with van der Waals surface area (Å²) < 4.78 is 125. The van der Waals surface area contributed by atoms with Crippen LogP contribution in [0.1, 0.15) is 53.5 Å². The van der Waals surface area contributed by atoms with Gasteiger partial charge in [0, 0.05) is 38.8 Å². The average molecular weight is 715 g/mol. The molecule has 2 heterocycles. The Bertz CT molecular complexity index is 1490. The van der Waals surface area contributed by atoms with E-state index in [1.807, 2.05) is 0 Å². The second-order valence-corrected chi connectivity index (χ2v) is 10.9. The van der Waals surface area contributed by atoms with Gasteiger partial charge in [0.15, 0.2) is 0 Å². The number of fused-ring (bicyclic) bond motifs is 1. The Morgan fingerprint density at radius 1 is 1.04 bits per heavy atom. The summed E-state index contributed by atoms with van der Waals surface area (Å²) in [7, 11) is 1.52. The van der Waals surface area contributed by atoms with Gasteiger partial charge in [0.1, 0.15) is 29.6 Å². The van der Waals surface area contributed by atoms with Gasteiger partial charge in [0.2, 0.25) is 11.9 Å². The molecule has 0 spiro atoms. The van der Waals surface area contributed by atoms with E-state index in [9.17, 15) is 39.9 Å². The molecule has 0 saturated heterocycles. The number of hydrogen-bond donors (Lipinski definition) is 2. The molecule has 1 amide bonds. The number of carbonyl (C=O) groups excluding carboxylic acids is 1. The third kappa shape index (κ3) is 8.46. The lowest BCUT2D eigenvalue weighted by Gasteiger charge is -2.29. The van der Waals surface area contributed by atoms with Gasteiger partial charge < -0.3 is 20.1 Å². The lowest BCUT2D eigenvalue weighted by molar-refractivity contribution is -0.123. The van der Waals surface area contributed by atoms with E-state index in [0.29, 0.717) is 19.3 Å². The summed E-state index contributed by atoms with van der Waals surface area (Å²) in [6.45, 7) is 0.0734. The molecule has 246 valence electrons. The number of amides is 1. The van der Waals surface area contributed by atoms with E-state index in [0.717, 1.165) is 12.1 Å². The zero-order chi connectivity index (χ0) is 32.9. The number of hydrogen-bond acceptors (Lipinski definition) is 7. The molecular weight excluding hydrogens is 688 g/mol. The summed E-state index contributed by atoms with van der Waals surface area (Å²) in [5.74, 6) is -10.9. The van der Waals surface area contributed by atoms with Crippen LogP contribution < -0.4 is 10.6 Å². The predicted octanol–water partition coefficient (Wildman–Crippen LogP) is 5.80. The van der Waals surface area contributed by atoms with Crippen LogP contribution in [0.3, 0.4) is 0 Å². The van der Waals surface area contributed by atoms with Gasteiger partial charge in [-0.1, -0.05) is 0 Å². The Labute approximate surface area is 259 Å². The minimum atomic E-state index is -4.02. The van der Waals surface area contributed by atoms with Gasteiger partial charge >= 0.3 is 0 Å². The second-order valence-electron chi connectivity index (χ2n) is 10.0. The Hall–Kier alpha value is -3.38. The van der Waals surface area contributed by atoms with E-state index >= 15 is 0 Å². The molecule has 0 unspecified atom stereocenters. The first-order valence-electron chi connectivity index (χ1n) is 13.4. The van der Waals surface area contributed by atoms with Crippen molar-refractivity contribution in [2.75, 3.05) is 38.8 Å². The van der Waals surface area contributed by atoms with Crippen molar-refractivity contribution in [3.05, 3.63) is 68.7 Å². The van der Waals surface area contributed by atoms with Crippen LogP contribution in [0.2, 0.25) is 0 Å². The SMILES string of the molecule is COCCOCCNc1ncc(Br)c([C@H](Cc2cc(F)cc(F)c2)NC(=O)Cn2nc(C(F)F)c3c2C(F)(F)CCC3(F)F)n1. The Morgan fingerprint density at radius 2 is 1.73 bits per heavy atom. The van der Waals surface area contributed by atoms with Crippen molar-refractivity contribution in [2.45, 2.75) is 50.1 Å². The molecule has 0 bridgehead atoms. The highest BCUT2D eigenvalue weighted by atomic mass is 79.9. The lowest BCUT2D eigenvalue weighted by atomic mass is 9.89. The number of carbonyl (C=O) groups is 1. The van der Waals surface area contributed by atoms with Crippen LogP contribution in [0.5, 0.6) is 0 Å². The number of methoxy groups -OCH3 is 1. The molecule has 0 saturated carbocycles. The fraction of sp³-hybridized carbons (Fsp3) is 0.481. The third-order valence-corrected chi connectivity index (χ3v) is 7.32. The smallest absolute Gasteiger partial charge is 0.290 e. The molecule has 0 aliphatic heterocycles. The first-order valence-corrected chi connectivity index (χ1v) is 14.2. The molecule has 3 aromatic rings. The van der Waals surface area contributed by atoms with E-state index in [4.69, 9.17) is 9.47 Å². The van der Waals surface area contributed by atoms with Crippen molar-refractivity contribution in [3.63, 3.8) is 0 Å². The van der Waals surface area contributed by atoms with Crippen LogP contribution in [0.15, 0.2) is 28.9 Å². The first kappa shape index (κ1) is 34.5. The maximum absolute atomic E-state index is 14.8. The van der Waals surface area contributed by atoms with Crippen molar-refractivity contribution in [1.29, 1.82) is 0 Å². The van der Waals surface area contributed by atoms with Crippen molar-refractivity contribution < 1.29 is 49.4 Å². The zero-order valence-corrected chi connectivity index (χ0v) is 25.1. The highest BCUT2D eigenvalue weighted by Crippen LogP contribution is 2.52. The molecule has 0 radical (unpaired) electrons. The minimum absolute atomic E-state index is 0.0620. The fourth-order valence-electron chi connectivity index (χ4n) is 4.78. The number of benzene rings is 1. The maximum Gasteiger partial charge on any atom is 0.290 e. The fourth-order valence-corrected chi connectivity index (χ4v) is 5.25. The monoisotopic (exact) mass is 714 g/mol. The van der Waals surface area contributed by atoms with Crippen LogP contribution in [-0.4, -0.2) is 59.1 Å². The van der Waals surface area contributed by atoms with E-state index in [1.165, 1.54) is 13.3 Å². The van der Waals surface area contributed by atoms with Gasteiger partial charge in [0.25, 0.3) is 18.3 Å². The molecular formula is C27H27BrF8N6O3. The minimum Gasteiger partial charge on any atom is -0.382 e. The largest absolute Gasteiger partial charge is 0.382 e. The third-order valence-electron chi connectivity index (χ3n) is 6.70. The van der Waals surface area contributed by atoms with E-state index < -0.39 is 78.2 Å². The molecule has 4 rings (SSSR count). The van der Waals surface area contributed by atoms with Crippen molar-refractivity contribution in [1.82, 2.24) is 25.1 Å². The van der Waals surface area contributed by atoms with Crippen LogP contribution in [0.25, 0.3) is 0 Å². The van der Waals surface area contributed by atoms with E-state index in [-0.39, 0.29) is 45.9 Å². The number of aromatic nitrogens is 4. The Morgan fingerprint density at radius 3 is 2.40 bits per heavy atom. The number of nitrogens with one attached hydrogen (secondary N) is 2. The average Bonchev–Trinajstić information content (AvgIpc) is 3.35. The van der Waals surface area contributed by atoms with Crippen LogP contribution in [-0.2, 0) is 39.1 Å². The summed E-state index contributed by atoms with van der Waals surface area (Å²) in [6, 6.07) is 1.41. The number of nitrogens with zero attached hydrogens (tertiary/aromatic N) is 4. The standard InChI is InChI=1S/C27H27BrF8N6O3/c1-44-6-7-45-5-4-37-25-38-12-17(28)21(40-25)18(10-14-8-15(29)11-16(30)9-14)39-19(43)13-42-23-20(22(41-42)24(31)32)26(33,34)2-3-27(23,35)36/h8-9,11-12,18,24H,2-7,10,13H2,1H3,(H,39,43)(H,37,38,40)/t18-/m0/s1. The van der Waals surface area contributed by atoms with Crippen molar-refractivity contribution >= 4 is 27.8 Å². The molecule has 9 nitrogen and oxygen atoms in total. The van der Waals surface area contributed by atoms with Crippen LogP contribution >= 0.6 is 15.9 Å². The summed E-state index contributed by atoms with van der Waals surface area (Å²) in [4.78, 5) is 21.7. The highest BCUT2D eigenvalue weighted by molar-refractivity contribution is 9.10.